The van der Waals surface area contributed by atoms with E-state index < -0.39 is 11.3 Å². The van der Waals surface area contributed by atoms with Gasteiger partial charge in [0, 0.05) is 16.5 Å². The molecule has 0 radical (unpaired) electrons. The fraction of sp³-hybridized carbons (Fsp3) is 0.161. The van der Waals surface area contributed by atoms with Crippen molar-refractivity contribution in [2.24, 2.45) is 10.5 Å². The summed E-state index contributed by atoms with van der Waals surface area (Å²) in [5.41, 5.74) is 2.62. The highest BCUT2D eigenvalue weighted by molar-refractivity contribution is 6.30. The Bertz CT molecular complexity index is 1440. The molecule has 6 heteroatoms. The van der Waals surface area contributed by atoms with E-state index in [9.17, 15) is 9.90 Å². The van der Waals surface area contributed by atoms with Crippen LogP contribution in [0.15, 0.2) is 108 Å². The van der Waals surface area contributed by atoms with Crippen LogP contribution in [0.4, 0.5) is 5.69 Å². The van der Waals surface area contributed by atoms with Crippen LogP contribution in [0, 0.1) is 5.41 Å². The van der Waals surface area contributed by atoms with Crippen molar-refractivity contribution < 1.29 is 14.6 Å². The number of amides is 1. The number of hydrogen-bond acceptors (Lipinski definition) is 4. The number of carbonyl (C=O) groups excluding carboxylic acids is 1. The second-order valence-corrected chi connectivity index (χ2v) is 9.59. The summed E-state index contributed by atoms with van der Waals surface area (Å²) in [5, 5.41) is 18.2. The molecule has 0 spiro atoms. The Labute approximate surface area is 221 Å². The molecule has 1 heterocycles. The normalized spacial score (nSPS) is 18.0. The summed E-state index contributed by atoms with van der Waals surface area (Å²) in [6.45, 7) is 1.89. The fourth-order valence-electron chi connectivity index (χ4n) is 5.25. The van der Waals surface area contributed by atoms with Crippen molar-refractivity contribution in [1.82, 2.24) is 0 Å². The van der Waals surface area contributed by atoms with E-state index in [2.05, 4.69) is 0 Å². The number of phenolic OH excluding ortho intramolecular Hbond substituents is 1. The molecule has 4 aromatic carbocycles. The molecule has 0 bridgehead atoms. The van der Waals surface area contributed by atoms with Crippen molar-refractivity contribution >= 4 is 28.9 Å². The maximum Gasteiger partial charge on any atom is 0.260 e. The van der Waals surface area contributed by atoms with Gasteiger partial charge in [-0.3, -0.25) is 4.79 Å². The molecule has 4 aromatic rings. The lowest BCUT2D eigenvalue weighted by atomic mass is 9.63. The molecule has 5 rings (SSSR count). The lowest BCUT2D eigenvalue weighted by Crippen LogP contribution is -2.46. The van der Waals surface area contributed by atoms with E-state index in [1.54, 1.807) is 18.2 Å². The van der Waals surface area contributed by atoms with Gasteiger partial charge in [-0.1, -0.05) is 84.4 Å². The zero-order valence-corrected chi connectivity index (χ0v) is 21.4. The number of ether oxygens (including phenoxy) is 1. The van der Waals surface area contributed by atoms with Gasteiger partial charge < -0.3 is 9.84 Å². The van der Waals surface area contributed by atoms with Crippen molar-refractivity contribution in [1.29, 1.82) is 0 Å². The van der Waals surface area contributed by atoms with Gasteiger partial charge >= 0.3 is 0 Å². The summed E-state index contributed by atoms with van der Waals surface area (Å²) < 4.78 is 5.45. The summed E-state index contributed by atoms with van der Waals surface area (Å²) >= 11 is 6.26. The Kier molecular flexibility index (Phi) is 6.72. The maximum absolute atomic E-state index is 14.6. The van der Waals surface area contributed by atoms with Crippen LogP contribution in [-0.2, 0) is 11.2 Å². The van der Waals surface area contributed by atoms with Gasteiger partial charge in [-0.15, -0.1) is 0 Å². The zero-order chi connectivity index (χ0) is 26.0. The Morgan fingerprint density at radius 3 is 2.22 bits per heavy atom. The second-order valence-electron chi connectivity index (χ2n) is 9.15. The van der Waals surface area contributed by atoms with Gasteiger partial charge in [0.05, 0.1) is 18.5 Å². The van der Waals surface area contributed by atoms with Crippen molar-refractivity contribution in [2.75, 3.05) is 12.1 Å². The quantitative estimate of drug-likeness (QED) is 0.296. The Hall–Kier alpha value is -4.09. The third-order valence-electron chi connectivity index (χ3n) is 7.05. The molecule has 1 aliphatic heterocycles. The number of carbonyl (C=O) groups is 1. The van der Waals surface area contributed by atoms with Crippen LogP contribution in [0.25, 0.3) is 0 Å². The first-order valence-electron chi connectivity index (χ1n) is 12.1. The maximum atomic E-state index is 14.6. The molecule has 0 aliphatic carbocycles. The van der Waals surface area contributed by atoms with Crippen LogP contribution in [0.5, 0.6) is 11.5 Å². The number of halogens is 1. The Morgan fingerprint density at radius 2 is 1.57 bits per heavy atom. The lowest BCUT2D eigenvalue weighted by molar-refractivity contribution is -0.124. The highest BCUT2D eigenvalue weighted by Gasteiger charge is 2.56. The molecule has 1 N–H and O–H groups in total. The van der Waals surface area contributed by atoms with Crippen molar-refractivity contribution in [3.05, 3.63) is 125 Å². The van der Waals surface area contributed by atoms with Gasteiger partial charge in [-0.2, -0.15) is 10.1 Å². The number of nitrogens with zero attached hydrogens (tertiary/aromatic N) is 2. The van der Waals surface area contributed by atoms with Gasteiger partial charge in [0.25, 0.3) is 5.91 Å². The van der Waals surface area contributed by atoms with Gasteiger partial charge in [0.15, 0.2) is 11.5 Å². The number of para-hydroxylation sites is 2. The van der Waals surface area contributed by atoms with E-state index in [0.29, 0.717) is 34.2 Å². The molecule has 5 nitrogen and oxygen atoms in total. The molecular weight excluding hydrogens is 484 g/mol. The highest BCUT2D eigenvalue weighted by atomic mass is 35.5. The smallest absolute Gasteiger partial charge is 0.260 e. The number of phenols is 1. The highest BCUT2D eigenvalue weighted by Crippen LogP contribution is 2.52. The van der Waals surface area contributed by atoms with Crippen LogP contribution in [0.3, 0.4) is 0 Å². The number of methoxy groups -OCH3 is 1. The summed E-state index contributed by atoms with van der Waals surface area (Å²) in [6, 6.07) is 32.1. The van der Waals surface area contributed by atoms with E-state index in [4.69, 9.17) is 21.4 Å². The predicted molar refractivity (Wildman–Crippen MR) is 148 cm³/mol. The number of anilines is 1. The van der Waals surface area contributed by atoms with E-state index in [1.807, 2.05) is 91.9 Å². The minimum atomic E-state index is -1.13. The molecule has 0 unspecified atom stereocenters. The molecular formula is C31H27ClN2O3. The standard InChI is InChI=1S/C31H27ClN2O3/c1-21-31(20-22-10-5-3-6-11-22,30(36)34(33-21)25-12-7-4-8-13-25)28(23-16-18-24(32)19-17-23)26-14-9-15-27(37-2)29(26)35/h3-19,28,35H,20H2,1-2H3/t28-,31-/m0/s1. The summed E-state index contributed by atoms with van der Waals surface area (Å²) in [4.78, 5) is 14.6. The van der Waals surface area contributed by atoms with Crippen LogP contribution >= 0.6 is 11.6 Å². The average Bonchev–Trinajstić information content (AvgIpc) is 3.17. The minimum absolute atomic E-state index is 0.00357. The SMILES string of the molecule is COc1cccc([C@H](c2ccc(Cl)cc2)[C@@]2(Cc3ccccc3)C(=O)N(c3ccccc3)N=C2C)c1O. The van der Waals surface area contributed by atoms with Crippen LogP contribution < -0.4 is 9.75 Å². The van der Waals surface area contributed by atoms with Crippen LogP contribution in [0.1, 0.15) is 29.5 Å². The molecule has 37 heavy (non-hydrogen) atoms. The third-order valence-corrected chi connectivity index (χ3v) is 7.31. The second kappa shape index (κ2) is 10.1. The Balaban J connectivity index is 1.79. The fourth-order valence-corrected chi connectivity index (χ4v) is 5.38. The molecule has 1 aliphatic rings. The summed E-state index contributed by atoms with van der Waals surface area (Å²) in [6.07, 6.45) is 0.384. The molecule has 0 saturated carbocycles. The number of hydrazone groups is 1. The number of aromatic hydroxyl groups is 1. The third kappa shape index (κ3) is 4.36. The first kappa shape index (κ1) is 24.6. The number of hydrogen-bond donors (Lipinski definition) is 1. The van der Waals surface area contributed by atoms with Crippen LogP contribution in [0.2, 0.25) is 5.02 Å². The lowest BCUT2D eigenvalue weighted by Gasteiger charge is -2.37. The topological polar surface area (TPSA) is 62.1 Å². The number of benzene rings is 4. The molecule has 0 fully saturated rings. The molecule has 186 valence electrons. The first-order valence-corrected chi connectivity index (χ1v) is 12.4. The Morgan fingerprint density at radius 1 is 0.919 bits per heavy atom. The molecule has 0 saturated heterocycles. The van der Waals surface area contributed by atoms with E-state index in [0.717, 1.165) is 11.1 Å². The summed E-state index contributed by atoms with van der Waals surface area (Å²) in [5.74, 6) is -0.408. The van der Waals surface area contributed by atoms with E-state index in [1.165, 1.54) is 12.1 Å². The first-order chi connectivity index (χ1) is 18.0. The van der Waals surface area contributed by atoms with Crippen molar-refractivity contribution in [2.45, 2.75) is 19.3 Å². The summed E-state index contributed by atoms with van der Waals surface area (Å²) in [7, 11) is 1.51. The van der Waals surface area contributed by atoms with Crippen molar-refractivity contribution in [3.63, 3.8) is 0 Å². The predicted octanol–water partition coefficient (Wildman–Crippen LogP) is 6.84. The van der Waals surface area contributed by atoms with Crippen LogP contribution in [-0.4, -0.2) is 23.8 Å². The minimum Gasteiger partial charge on any atom is -0.504 e. The molecule has 2 atom stereocenters. The number of rotatable bonds is 7. The monoisotopic (exact) mass is 510 g/mol. The van der Waals surface area contributed by atoms with Gasteiger partial charge in [-0.25, -0.2) is 0 Å². The average molecular weight is 511 g/mol. The zero-order valence-electron chi connectivity index (χ0n) is 20.6. The van der Waals surface area contributed by atoms with Gasteiger partial charge in [-0.05, 0) is 54.8 Å². The molecule has 1 amide bonds. The largest absolute Gasteiger partial charge is 0.504 e. The van der Waals surface area contributed by atoms with E-state index in [-0.39, 0.29) is 11.7 Å². The molecule has 0 aromatic heterocycles. The van der Waals surface area contributed by atoms with E-state index >= 15 is 0 Å². The van der Waals surface area contributed by atoms with Gasteiger partial charge in [0.1, 0.15) is 5.41 Å². The van der Waals surface area contributed by atoms with Gasteiger partial charge in [0.2, 0.25) is 0 Å². The van der Waals surface area contributed by atoms with Crippen molar-refractivity contribution in [3.8, 4) is 11.5 Å².